The van der Waals surface area contributed by atoms with E-state index in [1.54, 1.807) is 0 Å². The Morgan fingerprint density at radius 3 is 2.46 bits per heavy atom. The number of nitrogens with zero attached hydrogens (tertiary/aromatic N) is 2. The van der Waals surface area contributed by atoms with Gasteiger partial charge in [0.2, 0.25) is 0 Å². The number of carbonyl (C=O) groups excluding carboxylic acids is 1. The first-order valence-electron chi connectivity index (χ1n) is 8.14. The van der Waals surface area contributed by atoms with E-state index < -0.39 is 6.04 Å². The van der Waals surface area contributed by atoms with Crippen LogP contribution < -0.4 is 10.6 Å². The second-order valence-electron chi connectivity index (χ2n) is 6.14. The lowest BCUT2D eigenvalue weighted by Gasteiger charge is -2.20. The standard InChI is InChI=1S/C18H26N4O2/c1-12(10-16-13(2)21-22(4)14(16)3)19-18(24)20-17(11-23)15-8-6-5-7-9-15/h5-9,12,17,23H,10-11H2,1-4H3,(H2,19,20,24). The van der Waals surface area contributed by atoms with E-state index >= 15 is 0 Å². The summed E-state index contributed by atoms with van der Waals surface area (Å²) in [7, 11) is 1.92. The van der Waals surface area contributed by atoms with Crippen LogP contribution in [0.3, 0.4) is 0 Å². The molecule has 3 N–H and O–H groups in total. The van der Waals surface area contributed by atoms with Crippen LogP contribution in [0.2, 0.25) is 0 Å². The number of carbonyl (C=O) groups is 1. The Bertz CT molecular complexity index is 682. The van der Waals surface area contributed by atoms with Gasteiger partial charge in [0.05, 0.1) is 18.3 Å². The molecule has 2 rings (SSSR count). The number of amides is 2. The molecule has 0 spiro atoms. The first-order chi connectivity index (χ1) is 11.4. The van der Waals surface area contributed by atoms with E-state index in [0.29, 0.717) is 6.42 Å². The van der Waals surface area contributed by atoms with E-state index in [1.807, 2.05) is 62.8 Å². The van der Waals surface area contributed by atoms with Crippen LogP contribution in [0, 0.1) is 13.8 Å². The van der Waals surface area contributed by atoms with Crippen molar-refractivity contribution < 1.29 is 9.90 Å². The molecule has 2 unspecified atom stereocenters. The first kappa shape index (κ1) is 18.0. The summed E-state index contributed by atoms with van der Waals surface area (Å²) in [5.74, 6) is 0. The molecule has 1 heterocycles. The monoisotopic (exact) mass is 330 g/mol. The quantitative estimate of drug-likeness (QED) is 0.758. The Kier molecular flexibility index (Phi) is 5.98. The summed E-state index contributed by atoms with van der Waals surface area (Å²) in [6.45, 7) is 5.82. The summed E-state index contributed by atoms with van der Waals surface area (Å²) in [4.78, 5) is 12.2. The van der Waals surface area contributed by atoms with E-state index in [0.717, 1.165) is 22.5 Å². The molecule has 2 amide bonds. The minimum atomic E-state index is -0.416. The highest BCUT2D eigenvalue weighted by atomic mass is 16.3. The number of hydrogen-bond donors (Lipinski definition) is 3. The van der Waals surface area contributed by atoms with Crippen LogP contribution in [0.15, 0.2) is 30.3 Å². The molecule has 0 aliphatic rings. The number of urea groups is 1. The van der Waals surface area contributed by atoms with Gasteiger partial charge in [0.15, 0.2) is 0 Å². The maximum absolute atomic E-state index is 12.2. The number of aryl methyl sites for hydroxylation is 2. The van der Waals surface area contributed by atoms with Gasteiger partial charge >= 0.3 is 6.03 Å². The predicted octanol–water partition coefficient (Wildman–Crippen LogP) is 2.00. The summed E-state index contributed by atoms with van der Waals surface area (Å²) in [5.41, 5.74) is 4.13. The average Bonchev–Trinajstić information content (AvgIpc) is 2.79. The maximum atomic E-state index is 12.2. The van der Waals surface area contributed by atoms with Crippen molar-refractivity contribution in [1.29, 1.82) is 0 Å². The van der Waals surface area contributed by atoms with Crippen LogP contribution in [0.25, 0.3) is 0 Å². The van der Waals surface area contributed by atoms with Gasteiger partial charge in [0.1, 0.15) is 0 Å². The Balaban J connectivity index is 1.93. The molecular weight excluding hydrogens is 304 g/mol. The minimum absolute atomic E-state index is 0.0401. The van der Waals surface area contributed by atoms with Crippen LogP contribution in [-0.2, 0) is 13.5 Å². The van der Waals surface area contributed by atoms with Gasteiger partial charge in [0, 0.05) is 18.8 Å². The van der Waals surface area contributed by atoms with Gasteiger partial charge < -0.3 is 15.7 Å². The van der Waals surface area contributed by atoms with Gasteiger partial charge in [-0.05, 0) is 38.3 Å². The van der Waals surface area contributed by atoms with Gasteiger partial charge in [0.25, 0.3) is 0 Å². The molecule has 0 aliphatic carbocycles. The SMILES string of the molecule is Cc1nn(C)c(C)c1CC(C)NC(=O)NC(CO)c1ccccc1. The van der Waals surface area contributed by atoms with E-state index in [-0.39, 0.29) is 18.7 Å². The summed E-state index contributed by atoms with van der Waals surface area (Å²) in [6, 6.07) is 8.69. The molecule has 2 atom stereocenters. The summed E-state index contributed by atoms with van der Waals surface area (Å²) in [5, 5.41) is 19.7. The third kappa shape index (κ3) is 4.35. The van der Waals surface area contributed by atoms with Crippen molar-refractivity contribution in [2.24, 2.45) is 7.05 Å². The number of aliphatic hydroxyl groups excluding tert-OH is 1. The molecule has 0 bridgehead atoms. The number of nitrogens with one attached hydrogen (secondary N) is 2. The fourth-order valence-electron chi connectivity index (χ4n) is 2.81. The normalized spacial score (nSPS) is 13.4. The number of benzene rings is 1. The highest BCUT2D eigenvalue weighted by Gasteiger charge is 2.17. The lowest BCUT2D eigenvalue weighted by Crippen LogP contribution is -2.44. The van der Waals surface area contributed by atoms with Crippen LogP contribution in [0.1, 0.15) is 35.5 Å². The highest BCUT2D eigenvalue weighted by Crippen LogP contribution is 2.14. The molecule has 2 aromatic rings. The Morgan fingerprint density at radius 2 is 1.92 bits per heavy atom. The fraction of sp³-hybridized carbons (Fsp3) is 0.444. The van der Waals surface area contributed by atoms with E-state index in [2.05, 4.69) is 15.7 Å². The van der Waals surface area contributed by atoms with Crippen molar-refractivity contribution in [3.63, 3.8) is 0 Å². The van der Waals surface area contributed by atoms with Crippen LogP contribution >= 0.6 is 0 Å². The lowest BCUT2D eigenvalue weighted by molar-refractivity contribution is 0.214. The Labute approximate surface area is 142 Å². The molecule has 1 aromatic carbocycles. The van der Waals surface area contributed by atoms with Gasteiger partial charge in [-0.25, -0.2) is 4.79 Å². The van der Waals surface area contributed by atoms with Crippen molar-refractivity contribution in [2.75, 3.05) is 6.61 Å². The molecule has 24 heavy (non-hydrogen) atoms. The molecule has 130 valence electrons. The van der Waals surface area contributed by atoms with Gasteiger partial charge in [-0.2, -0.15) is 5.10 Å². The molecule has 0 radical (unpaired) electrons. The van der Waals surface area contributed by atoms with Gasteiger partial charge in [-0.1, -0.05) is 30.3 Å². The van der Waals surface area contributed by atoms with Crippen LogP contribution in [0.4, 0.5) is 4.79 Å². The maximum Gasteiger partial charge on any atom is 0.315 e. The molecule has 6 heteroatoms. The molecule has 1 aromatic heterocycles. The topological polar surface area (TPSA) is 79.2 Å². The third-order valence-electron chi connectivity index (χ3n) is 4.24. The zero-order valence-electron chi connectivity index (χ0n) is 14.7. The van der Waals surface area contributed by atoms with Gasteiger partial charge in [-0.15, -0.1) is 0 Å². The van der Waals surface area contributed by atoms with E-state index in [4.69, 9.17) is 0 Å². The van der Waals surface area contributed by atoms with Crippen LogP contribution in [0.5, 0.6) is 0 Å². The number of aromatic nitrogens is 2. The summed E-state index contributed by atoms with van der Waals surface area (Å²) >= 11 is 0. The van der Waals surface area contributed by atoms with Crippen LogP contribution in [-0.4, -0.2) is 33.6 Å². The van der Waals surface area contributed by atoms with Crippen molar-refractivity contribution in [3.05, 3.63) is 52.8 Å². The zero-order chi connectivity index (χ0) is 17.7. The molecule has 0 saturated heterocycles. The fourth-order valence-corrected chi connectivity index (χ4v) is 2.81. The highest BCUT2D eigenvalue weighted by molar-refractivity contribution is 5.74. The summed E-state index contributed by atoms with van der Waals surface area (Å²) in [6.07, 6.45) is 0.716. The molecule has 0 aliphatic heterocycles. The molecule has 0 saturated carbocycles. The molecule has 6 nitrogen and oxygen atoms in total. The number of hydrogen-bond acceptors (Lipinski definition) is 3. The molecule has 0 fully saturated rings. The van der Waals surface area contributed by atoms with E-state index in [1.165, 1.54) is 0 Å². The Hall–Kier alpha value is -2.34. The minimum Gasteiger partial charge on any atom is -0.394 e. The smallest absolute Gasteiger partial charge is 0.315 e. The first-order valence-corrected chi connectivity index (χ1v) is 8.14. The molecular formula is C18H26N4O2. The van der Waals surface area contributed by atoms with Crippen molar-refractivity contribution in [1.82, 2.24) is 20.4 Å². The van der Waals surface area contributed by atoms with Gasteiger partial charge in [-0.3, -0.25) is 4.68 Å². The Morgan fingerprint density at radius 1 is 1.25 bits per heavy atom. The zero-order valence-corrected chi connectivity index (χ0v) is 14.7. The number of rotatable bonds is 6. The van der Waals surface area contributed by atoms with E-state index in [9.17, 15) is 9.90 Å². The third-order valence-corrected chi connectivity index (χ3v) is 4.24. The second-order valence-corrected chi connectivity index (χ2v) is 6.14. The summed E-state index contributed by atoms with van der Waals surface area (Å²) < 4.78 is 1.86. The second kappa shape index (κ2) is 7.97. The average molecular weight is 330 g/mol. The van der Waals surface area contributed by atoms with Crippen molar-refractivity contribution >= 4 is 6.03 Å². The lowest BCUT2D eigenvalue weighted by atomic mass is 10.1. The van der Waals surface area contributed by atoms with Crippen molar-refractivity contribution in [2.45, 2.75) is 39.3 Å². The van der Waals surface area contributed by atoms with Crippen molar-refractivity contribution in [3.8, 4) is 0 Å². The largest absolute Gasteiger partial charge is 0.394 e. The number of aliphatic hydroxyl groups is 1. The predicted molar refractivity (Wildman–Crippen MR) is 93.8 cm³/mol.